The van der Waals surface area contributed by atoms with E-state index in [9.17, 15) is 44.1 Å². The monoisotopic (exact) mass is 718 g/mol. The van der Waals surface area contributed by atoms with Crippen LogP contribution < -0.4 is 21.3 Å². The van der Waals surface area contributed by atoms with E-state index >= 15 is 0 Å². The molecule has 0 aliphatic rings. The molecule has 0 aliphatic heterocycles. The van der Waals surface area contributed by atoms with Crippen LogP contribution in [0.4, 0.5) is 4.79 Å². The van der Waals surface area contributed by atoms with E-state index < -0.39 is 30.1 Å². The molecule has 0 aromatic heterocycles. The lowest BCUT2D eigenvalue weighted by Crippen LogP contribution is -2.51. The fourth-order valence-electron chi connectivity index (χ4n) is 6.08. The second-order valence-electron chi connectivity index (χ2n) is 15.6. The molecular weight excluding hydrogens is 656 g/mol. The van der Waals surface area contributed by atoms with Crippen LogP contribution in [-0.2, 0) is 30.5 Å². The van der Waals surface area contributed by atoms with Gasteiger partial charge in [0.25, 0.3) is 0 Å². The summed E-state index contributed by atoms with van der Waals surface area (Å²) in [7, 11) is 0. The number of urea groups is 1. The highest BCUT2D eigenvalue weighted by molar-refractivity contribution is 5.86. The fourth-order valence-corrected chi connectivity index (χ4v) is 6.08. The summed E-state index contributed by atoms with van der Waals surface area (Å²) in [6.45, 7) is 14.7. The SMILES string of the molecule is CCC(CC(C)(C)CCCC(CC(C)(C)C)C(=O)NCc1ccc(O)cc1)C(=O)NCCCC[C@H](NC(=O)N[C@@H](CCC(C)=O)C(=O)O)C(=O)O. The van der Waals surface area contributed by atoms with Crippen LogP contribution >= 0.6 is 0 Å². The molecule has 13 nitrogen and oxygen atoms in total. The Morgan fingerprint density at radius 3 is 1.82 bits per heavy atom. The molecule has 51 heavy (non-hydrogen) atoms. The lowest BCUT2D eigenvalue weighted by Gasteiger charge is -2.30. The Bertz CT molecular complexity index is 1290. The number of rotatable bonds is 24. The topological polar surface area (TPSA) is 211 Å². The van der Waals surface area contributed by atoms with E-state index in [0.717, 1.165) is 31.2 Å². The van der Waals surface area contributed by atoms with Gasteiger partial charge in [-0.05, 0) is 93.2 Å². The molecule has 0 saturated heterocycles. The molecule has 4 atom stereocenters. The first-order valence-electron chi connectivity index (χ1n) is 18.1. The van der Waals surface area contributed by atoms with Gasteiger partial charge in [0, 0.05) is 31.3 Å². The predicted molar refractivity (Wildman–Crippen MR) is 195 cm³/mol. The first kappa shape index (κ1) is 44.9. The van der Waals surface area contributed by atoms with Gasteiger partial charge in [0.05, 0.1) is 0 Å². The summed E-state index contributed by atoms with van der Waals surface area (Å²) >= 11 is 0. The number of unbranched alkanes of at least 4 members (excludes halogenated alkanes) is 1. The number of carboxylic acid groups (broad SMARTS) is 2. The Morgan fingerprint density at radius 2 is 1.29 bits per heavy atom. The Labute approximate surface area is 303 Å². The van der Waals surface area contributed by atoms with Gasteiger partial charge in [0.2, 0.25) is 11.8 Å². The molecule has 7 N–H and O–H groups in total. The van der Waals surface area contributed by atoms with E-state index in [1.165, 1.54) is 6.92 Å². The highest BCUT2D eigenvalue weighted by Gasteiger charge is 2.29. The molecule has 0 spiro atoms. The van der Waals surface area contributed by atoms with Crippen molar-refractivity contribution in [1.29, 1.82) is 0 Å². The number of hydrogen-bond donors (Lipinski definition) is 7. The predicted octanol–water partition coefficient (Wildman–Crippen LogP) is 5.53. The average Bonchev–Trinajstić information content (AvgIpc) is 3.02. The van der Waals surface area contributed by atoms with Crippen LogP contribution in [0.5, 0.6) is 5.75 Å². The molecule has 1 rings (SSSR count). The van der Waals surface area contributed by atoms with Crippen LogP contribution in [0.25, 0.3) is 0 Å². The third-order valence-electron chi connectivity index (χ3n) is 8.91. The van der Waals surface area contributed by atoms with Gasteiger partial charge in [0.15, 0.2) is 0 Å². The minimum atomic E-state index is -1.32. The molecule has 13 heteroatoms. The number of amides is 4. The molecular formula is C38H62N4O9. The Hall–Kier alpha value is -4.16. The number of carbonyl (C=O) groups excluding carboxylic acids is 4. The van der Waals surface area contributed by atoms with E-state index in [-0.39, 0.29) is 65.3 Å². The number of aromatic hydroxyl groups is 1. The Morgan fingerprint density at radius 1 is 0.725 bits per heavy atom. The minimum Gasteiger partial charge on any atom is -0.508 e. The van der Waals surface area contributed by atoms with Crippen molar-refractivity contribution in [2.75, 3.05) is 6.54 Å². The van der Waals surface area contributed by atoms with E-state index in [1.54, 1.807) is 24.3 Å². The van der Waals surface area contributed by atoms with Crippen LogP contribution in [0.15, 0.2) is 24.3 Å². The standard InChI is InChI=1S/C38H62N4O9/c1-8-27(32(45)39-21-10-9-13-30(34(47)48)41-36(51)42-31(35(49)50)19-14-25(2)43)23-38(6,7)20-11-12-28(22-37(3,4)5)33(46)40-24-26-15-17-29(44)18-16-26/h15-18,27-28,30-31,44H,8-14,19-24H2,1-7H3,(H,39,45)(H,40,46)(H,47,48)(H,49,50)(H2,41,42,51)/t27?,28?,30-,31-/m0/s1. The van der Waals surface area contributed by atoms with E-state index in [1.807, 2.05) is 6.92 Å². The van der Waals surface area contributed by atoms with Gasteiger partial charge in [0.1, 0.15) is 23.6 Å². The van der Waals surface area contributed by atoms with E-state index in [4.69, 9.17) is 0 Å². The average molecular weight is 719 g/mol. The quantitative estimate of drug-likeness (QED) is 0.0669. The van der Waals surface area contributed by atoms with Crippen molar-refractivity contribution in [3.8, 4) is 5.75 Å². The summed E-state index contributed by atoms with van der Waals surface area (Å²) in [5.74, 6) is -3.04. The molecule has 1 aromatic rings. The van der Waals surface area contributed by atoms with Gasteiger partial charge >= 0.3 is 18.0 Å². The summed E-state index contributed by atoms with van der Waals surface area (Å²) in [6, 6.07) is 3.26. The maximum absolute atomic E-state index is 13.2. The third-order valence-corrected chi connectivity index (χ3v) is 8.91. The van der Waals surface area contributed by atoms with E-state index in [0.29, 0.717) is 38.8 Å². The molecule has 0 saturated carbocycles. The number of aliphatic carboxylic acids is 2. The number of carboxylic acids is 2. The van der Waals surface area contributed by atoms with Crippen molar-refractivity contribution in [2.45, 2.75) is 138 Å². The number of phenols is 1. The van der Waals surface area contributed by atoms with Crippen LogP contribution in [0.2, 0.25) is 0 Å². The van der Waals surface area contributed by atoms with Crippen molar-refractivity contribution in [3.63, 3.8) is 0 Å². The lowest BCUT2D eigenvalue weighted by molar-refractivity contribution is -0.139. The summed E-state index contributed by atoms with van der Waals surface area (Å²) in [5.41, 5.74) is 0.752. The van der Waals surface area contributed by atoms with Gasteiger partial charge in [-0.2, -0.15) is 0 Å². The van der Waals surface area contributed by atoms with Crippen molar-refractivity contribution < 1.29 is 44.1 Å². The molecule has 2 unspecified atom stereocenters. The minimum absolute atomic E-state index is 0.0170. The van der Waals surface area contributed by atoms with Crippen LogP contribution in [-0.4, -0.2) is 69.5 Å². The number of ketones is 1. The normalized spacial score (nSPS) is 14.0. The molecule has 288 valence electrons. The number of phenolic OH excluding ortho intramolecular Hbond substituents is 1. The summed E-state index contributed by atoms with van der Waals surface area (Å²) in [4.78, 5) is 72.8. The van der Waals surface area contributed by atoms with Gasteiger partial charge in [-0.25, -0.2) is 14.4 Å². The van der Waals surface area contributed by atoms with Crippen molar-refractivity contribution in [1.82, 2.24) is 21.3 Å². The molecule has 0 radical (unpaired) electrons. The van der Waals surface area contributed by atoms with Gasteiger partial charge in [-0.3, -0.25) is 9.59 Å². The maximum atomic E-state index is 13.2. The third kappa shape index (κ3) is 19.7. The molecule has 0 aliphatic carbocycles. The second-order valence-corrected chi connectivity index (χ2v) is 15.6. The van der Waals surface area contributed by atoms with Crippen molar-refractivity contribution >= 4 is 35.6 Å². The van der Waals surface area contributed by atoms with Gasteiger partial charge in [-0.1, -0.05) is 60.1 Å². The maximum Gasteiger partial charge on any atom is 0.326 e. The molecule has 0 bridgehead atoms. The summed E-state index contributed by atoms with van der Waals surface area (Å²) < 4.78 is 0. The number of hydrogen-bond acceptors (Lipinski definition) is 7. The Kier molecular flexibility index (Phi) is 19.3. The van der Waals surface area contributed by atoms with Crippen molar-refractivity contribution in [2.24, 2.45) is 22.7 Å². The van der Waals surface area contributed by atoms with Crippen LogP contribution in [0, 0.1) is 22.7 Å². The zero-order valence-electron chi connectivity index (χ0n) is 31.6. The van der Waals surface area contributed by atoms with E-state index in [2.05, 4.69) is 55.9 Å². The zero-order valence-corrected chi connectivity index (χ0v) is 31.6. The lowest BCUT2D eigenvalue weighted by atomic mass is 9.76. The highest BCUT2D eigenvalue weighted by atomic mass is 16.4. The van der Waals surface area contributed by atoms with Gasteiger partial charge in [-0.15, -0.1) is 0 Å². The fraction of sp³-hybridized carbons (Fsp3) is 0.684. The first-order chi connectivity index (χ1) is 23.7. The second kappa shape index (κ2) is 21.9. The first-order valence-corrected chi connectivity index (χ1v) is 18.1. The molecule has 1 aromatic carbocycles. The molecule has 4 amide bonds. The molecule has 0 fully saturated rings. The summed E-state index contributed by atoms with van der Waals surface area (Å²) in [6.07, 6.45) is 5.33. The molecule has 0 heterocycles. The highest BCUT2D eigenvalue weighted by Crippen LogP contribution is 2.35. The zero-order chi connectivity index (χ0) is 38.8. The number of nitrogens with one attached hydrogen (secondary N) is 4. The summed E-state index contributed by atoms with van der Waals surface area (Å²) in [5, 5.41) is 38.9. The van der Waals surface area contributed by atoms with Gasteiger partial charge < -0.3 is 41.4 Å². The number of Topliss-reactive ketones (excluding diaryl/α,β-unsaturated/α-hetero) is 1. The van der Waals surface area contributed by atoms with Crippen molar-refractivity contribution in [3.05, 3.63) is 29.8 Å². The largest absolute Gasteiger partial charge is 0.508 e. The number of benzene rings is 1. The Balaban J connectivity index is 2.57. The smallest absolute Gasteiger partial charge is 0.326 e. The van der Waals surface area contributed by atoms with Crippen LogP contribution in [0.1, 0.15) is 125 Å². The van der Waals surface area contributed by atoms with Crippen LogP contribution in [0.3, 0.4) is 0 Å². The number of carbonyl (C=O) groups is 6.